The van der Waals surface area contributed by atoms with Gasteiger partial charge < -0.3 is 14.4 Å². The lowest BCUT2D eigenvalue weighted by Crippen LogP contribution is -2.54. The number of aliphatic imine (C=N–C) groups is 1. The van der Waals surface area contributed by atoms with Gasteiger partial charge in [0.2, 0.25) is 5.96 Å². The predicted molar refractivity (Wildman–Crippen MR) is 67.7 cm³/mol. The molecule has 1 aliphatic rings. The molecule has 17 heavy (non-hydrogen) atoms. The van der Waals surface area contributed by atoms with E-state index < -0.39 is 0 Å². The predicted octanol–water partition coefficient (Wildman–Crippen LogP) is -0.0470. The van der Waals surface area contributed by atoms with Gasteiger partial charge in [0.25, 0.3) is 0 Å². The number of hydrogen-bond acceptors (Lipinski definition) is 4. The van der Waals surface area contributed by atoms with Gasteiger partial charge in [-0.1, -0.05) is 6.92 Å². The Labute approximate surface area is 103 Å². The van der Waals surface area contributed by atoms with Gasteiger partial charge in [-0.25, -0.2) is 5.84 Å². The van der Waals surface area contributed by atoms with E-state index in [0.717, 1.165) is 51.7 Å². The van der Waals surface area contributed by atoms with Crippen LogP contribution in [0.3, 0.4) is 0 Å². The summed E-state index contributed by atoms with van der Waals surface area (Å²) in [4.78, 5) is 6.66. The highest BCUT2D eigenvalue weighted by Gasteiger charge is 2.23. The Kier molecular flexibility index (Phi) is 6.91. The number of rotatable bonds is 5. The molecule has 0 radical (unpaired) electrons. The second-order valence-electron chi connectivity index (χ2n) is 4.03. The van der Waals surface area contributed by atoms with Crippen molar-refractivity contribution in [3.63, 3.8) is 0 Å². The first-order chi connectivity index (χ1) is 8.33. The molecule has 1 heterocycles. The number of nitrogens with one attached hydrogen (secondary N) is 1. The van der Waals surface area contributed by atoms with Crippen molar-refractivity contribution in [2.45, 2.75) is 25.8 Å². The molecule has 0 aromatic heterocycles. The average molecular weight is 244 g/mol. The first-order valence-corrected chi connectivity index (χ1v) is 6.17. The van der Waals surface area contributed by atoms with Crippen molar-refractivity contribution >= 4 is 5.96 Å². The van der Waals surface area contributed by atoms with E-state index >= 15 is 0 Å². The van der Waals surface area contributed by atoms with Gasteiger partial charge >= 0.3 is 0 Å². The summed E-state index contributed by atoms with van der Waals surface area (Å²) in [6, 6.07) is 0.362. The summed E-state index contributed by atoms with van der Waals surface area (Å²) in [5, 5.41) is 0. The molecule has 0 amide bonds. The molecule has 100 valence electrons. The van der Waals surface area contributed by atoms with E-state index in [1.165, 1.54) is 0 Å². The lowest BCUT2D eigenvalue weighted by atomic mass is 10.2. The molecule has 1 saturated heterocycles. The van der Waals surface area contributed by atoms with E-state index in [0.29, 0.717) is 6.04 Å². The van der Waals surface area contributed by atoms with Crippen LogP contribution in [0.5, 0.6) is 0 Å². The SMILES string of the molecule is CCC1COCCN1C(=NCCCOC)NN. The lowest BCUT2D eigenvalue weighted by Gasteiger charge is -2.36. The Morgan fingerprint density at radius 1 is 1.65 bits per heavy atom. The lowest BCUT2D eigenvalue weighted by molar-refractivity contribution is 0.0234. The van der Waals surface area contributed by atoms with Crippen LogP contribution in [0.1, 0.15) is 19.8 Å². The molecule has 0 saturated carbocycles. The zero-order valence-corrected chi connectivity index (χ0v) is 10.8. The van der Waals surface area contributed by atoms with Crippen LogP contribution in [-0.2, 0) is 9.47 Å². The number of morpholine rings is 1. The number of nitrogens with zero attached hydrogens (tertiary/aromatic N) is 2. The van der Waals surface area contributed by atoms with Gasteiger partial charge in [0.1, 0.15) is 0 Å². The van der Waals surface area contributed by atoms with Crippen molar-refractivity contribution in [3.05, 3.63) is 0 Å². The maximum Gasteiger partial charge on any atom is 0.208 e. The van der Waals surface area contributed by atoms with Crippen molar-refractivity contribution < 1.29 is 9.47 Å². The van der Waals surface area contributed by atoms with Gasteiger partial charge in [0, 0.05) is 26.8 Å². The van der Waals surface area contributed by atoms with Gasteiger partial charge in [-0.15, -0.1) is 0 Å². The fourth-order valence-corrected chi connectivity index (χ4v) is 1.89. The van der Waals surface area contributed by atoms with Crippen molar-refractivity contribution in [2.24, 2.45) is 10.8 Å². The van der Waals surface area contributed by atoms with Gasteiger partial charge in [-0.3, -0.25) is 10.4 Å². The van der Waals surface area contributed by atoms with E-state index in [4.69, 9.17) is 15.3 Å². The van der Waals surface area contributed by atoms with Crippen molar-refractivity contribution in [2.75, 3.05) is 40.0 Å². The van der Waals surface area contributed by atoms with Crippen LogP contribution < -0.4 is 11.3 Å². The molecule has 0 bridgehead atoms. The Balaban J connectivity index is 2.51. The Bertz CT molecular complexity index is 236. The molecule has 1 fully saturated rings. The zero-order valence-electron chi connectivity index (χ0n) is 10.8. The highest BCUT2D eigenvalue weighted by Crippen LogP contribution is 2.10. The summed E-state index contributed by atoms with van der Waals surface area (Å²) in [6.07, 6.45) is 1.93. The standard InChI is InChI=1S/C11H24N4O2/c1-3-10-9-17-8-6-15(10)11(14-12)13-5-4-7-16-2/h10H,3-9,12H2,1-2H3,(H,13,14). The molecule has 1 aliphatic heterocycles. The van der Waals surface area contributed by atoms with Gasteiger partial charge in [0.05, 0.1) is 19.3 Å². The van der Waals surface area contributed by atoms with Crippen molar-refractivity contribution in [3.8, 4) is 0 Å². The summed E-state index contributed by atoms with van der Waals surface area (Å²) in [5.41, 5.74) is 2.69. The van der Waals surface area contributed by atoms with Crippen LogP contribution in [0, 0.1) is 0 Å². The van der Waals surface area contributed by atoms with Gasteiger partial charge in [-0.2, -0.15) is 0 Å². The van der Waals surface area contributed by atoms with E-state index in [-0.39, 0.29) is 0 Å². The molecule has 3 N–H and O–H groups in total. The first-order valence-electron chi connectivity index (χ1n) is 6.17. The Morgan fingerprint density at radius 2 is 2.47 bits per heavy atom. The Hall–Kier alpha value is -0.850. The second kappa shape index (κ2) is 8.27. The maximum absolute atomic E-state index is 5.54. The van der Waals surface area contributed by atoms with E-state index in [1.807, 2.05) is 0 Å². The monoisotopic (exact) mass is 244 g/mol. The zero-order chi connectivity index (χ0) is 12.5. The fraction of sp³-hybridized carbons (Fsp3) is 0.909. The van der Waals surface area contributed by atoms with Crippen LogP contribution >= 0.6 is 0 Å². The number of hydrazine groups is 1. The molecule has 1 rings (SSSR count). The second-order valence-corrected chi connectivity index (χ2v) is 4.03. The van der Waals surface area contributed by atoms with E-state index in [2.05, 4.69) is 22.2 Å². The minimum absolute atomic E-state index is 0.362. The molecule has 6 nitrogen and oxygen atoms in total. The Morgan fingerprint density at radius 3 is 3.12 bits per heavy atom. The molecule has 0 aromatic rings. The molecular formula is C11H24N4O2. The highest BCUT2D eigenvalue weighted by atomic mass is 16.5. The normalized spacial score (nSPS) is 21.7. The molecule has 1 atom stereocenters. The molecule has 1 unspecified atom stereocenters. The van der Waals surface area contributed by atoms with Crippen LogP contribution in [0.4, 0.5) is 0 Å². The van der Waals surface area contributed by atoms with E-state index in [9.17, 15) is 0 Å². The number of ether oxygens (including phenoxy) is 2. The molecule has 6 heteroatoms. The average Bonchev–Trinajstić information content (AvgIpc) is 2.39. The summed E-state index contributed by atoms with van der Waals surface area (Å²) in [6.45, 7) is 5.91. The van der Waals surface area contributed by atoms with Crippen molar-refractivity contribution in [1.29, 1.82) is 0 Å². The topological polar surface area (TPSA) is 72.1 Å². The molecule has 0 aromatic carbocycles. The number of hydrogen-bond donors (Lipinski definition) is 2. The minimum Gasteiger partial charge on any atom is -0.385 e. The largest absolute Gasteiger partial charge is 0.385 e. The third kappa shape index (κ3) is 4.49. The van der Waals surface area contributed by atoms with Crippen LogP contribution in [0.15, 0.2) is 4.99 Å². The summed E-state index contributed by atoms with van der Waals surface area (Å²) in [7, 11) is 1.70. The molecule has 0 aliphatic carbocycles. The van der Waals surface area contributed by atoms with Crippen LogP contribution in [0.2, 0.25) is 0 Å². The third-order valence-electron chi connectivity index (χ3n) is 2.87. The number of nitrogens with two attached hydrogens (primary N) is 1. The van der Waals surface area contributed by atoms with Gasteiger partial charge in [-0.05, 0) is 12.8 Å². The molecular weight excluding hydrogens is 220 g/mol. The van der Waals surface area contributed by atoms with Crippen LogP contribution in [-0.4, -0.2) is 56.9 Å². The smallest absolute Gasteiger partial charge is 0.208 e. The minimum atomic E-state index is 0.362. The van der Waals surface area contributed by atoms with Crippen LogP contribution in [0.25, 0.3) is 0 Å². The van der Waals surface area contributed by atoms with Gasteiger partial charge in [0.15, 0.2) is 0 Å². The highest BCUT2D eigenvalue weighted by molar-refractivity contribution is 5.79. The number of methoxy groups -OCH3 is 1. The van der Waals surface area contributed by atoms with E-state index in [1.54, 1.807) is 7.11 Å². The molecule has 0 spiro atoms. The quantitative estimate of drug-likeness (QED) is 0.233. The summed E-state index contributed by atoms with van der Waals surface area (Å²) < 4.78 is 10.4. The summed E-state index contributed by atoms with van der Waals surface area (Å²) in [5.74, 6) is 6.30. The fourth-order valence-electron chi connectivity index (χ4n) is 1.89. The van der Waals surface area contributed by atoms with Crippen molar-refractivity contribution in [1.82, 2.24) is 10.3 Å². The number of guanidine groups is 1. The maximum atomic E-state index is 5.54. The third-order valence-corrected chi connectivity index (χ3v) is 2.87. The summed E-state index contributed by atoms with van der Waals surface area (Å²) >= 11 is 0. The first kappa shape index (κ1) is 14.2.